The van der Waals surface area contributed by atoms with Gasteiger partial charge in [-0.1, -0.05) is 48.5 Å². The summed E-state index contributed by atoms with van der Waals surface area (Å²) in [4.78, 5) is 35.6. The van der Waals surface area contributed by atoms with Crippen LogP contribution in [0.5, 0.6) is 0 Å². The lowest BCUT2D eigenvalue weighted by molar-refractivity contribution is -0.119. The van der Waals surface area contributed by atoms with Crippen LogP contribution in [0.1, 0.15) is 34.0 Å². The monoisotopic (exact) mass is 426 g/mol. The second kappa shape index (κ2) is 8.77. The van der Waals surface area contributed by atoms with Crippen molar-refractivity contribution in [3.63, 3.8) is 0 Å². The number of anilines is 2. The summed E-state index contributed by atoms with van der Waals surface area (Å²) in [6.07, 6.45) is 0. The Bertz CT molecular complexity index is 1230. The van der Waals surface area contributed by atoms with E-state index in [1.54, 1.807) is 18.2 Å². The first-order valence-corrected chi connectivity index (χ1v) is 10.1. The van der Waals surface area contributed by atoms with Crippen molar-refractivity contribution in [2.45, 2.75) is 13.5 Å². The summed E-state index contributed by atoms with van der Waals surface area (Å²) in [5, 5.41) is 8.98. The average Bonchev–Trinajstić information content (AvgIpc) is 3.12. The second-order valence-corrected chi connectivity index (χ2v) is 7.43. The highest BCUT2D eigenvalue weighted by atomic mass is 16.2. The van der Waals surface area contributed by atoms with Crippen LogP contribution < -0.4 is 21.7 Å². The van der Waals surface area contributed by atoms with Crippen LogP contribution in [0.4, 0.5) is 11.4 Å². The summed E-state index contributed by atoms with van der Waals surface area (Å²) < 4.78 is 0. The van der Waals surface area contributed by atoms with E-state index in [-0.39, 0.29) is 11.8 Å². The first-order chi connectivity index (χ1) is 15.4. The molecule has 3 aromatic carbocycles. The summed E-state index contributed by atoms with van der Waals surface area (Å²) in [6.45, 7) is 1.92. The van der Waals surface area contributed by atoms with Gasteiger partial charge in [-0.2, -0.15) is 0 Å². The van der Waals surface area contributed by atoms with Gasteiger partial charge in [-0.3, -0.25) is 14.4 Å². The van der Waals surface area contributed by atoms with E-state index < -0.39 is 5.91 Å². The maximum atomic E-state index is 13.0. The van der Waals surface area contributed by atoms with Gasteiger partial charge < -0.3 is 21.7 Å². The Morgan fingerprint density at radius 3 is 2.31 bits per heavy atom. The predicted octanol–water partition coefficient (Wildman–Crippen LogP) is 3.35. The van der Waals surface area contributed by atoms with E-state index in [1.165, 1.54) is 6.92 Å². The summed E-state index contributed by atoms with van der Waals surface area (Å²) in [5.74, 6) is -0.913. The number of benzene rings is 3. The Hall–Kier alpha value is -4.39. The molecule has 0 saturated heterocycles. The highest BCUT2D eigenvalue weighted by Gasteiger charge is 2.29. The first kappa shape index (κ1) is 20.9. The van der Waals surface area contributed by atoms with Crippen LogP contribution in [0.3, 0.4) is 0 Å². The fraction of sp³-hybridized carbons (Fsp3) is 0.0800. The maximum absolute atomic E-state index is 13.0. The third-order valence-electron chi connectivity index (χ3n) is 5.13. The normalized spacial score (nSPS) is 13.7. The first-order valence-electron chi connectivity index (χ1n) is 10.1. The third kappa shape index (κ3) is 4.37. The number of nitrogens with one attached hydrogen (secondary N) is 3. The molecule has 1 aliphatic heterocycles. The summed E-state index contributed by atoms with van der Waals surface area (Å²) in [5.41, 5.74) is 10.6. The minimum Gasteiger partial charge on any atom is -0.366 e. The number of hydrogen-bond acceptors (Lipinski definition) is 4. The average molecular weight is 426 g/mol. The summed E-state index contributed by atoms with van der Waals surface area (Å²) >= 11 is 0. The van der Waals surface area contributed by atoms with Gasteiger partial charge in [0.2, 0.25) is 11.8 Å². The van der Waals surface area contributed by atoms with Crippen LogP contribution in [0.2, 0.25) is 0 Å². The van der Waals surface area contributed by atoms with E-state index in [4.69, 9.17) is 5.73 Å². The Balaban J connectivity index is 1.75. The molecule has 0 aliphatic carbocycles. The molecule has 0 spiro atoms. The van der Waals surface area contributed by atoms with E-state index in [2.05, 4.69) is 16.0 Å². The van der Waals surface area contributed by atoms with Crippen molar-refractivity contribution in [2.75, 3.05) is 10.6 Å². The van der Waals surface area contributed by atoms with Gasteiger partial charge in [0.1, 0.15) is 0 Å². The molecular weight excluding hydrogens is 404 g/mol. The molecule has 160 valence electrons. The van der Waals surface area contributed by atoms with Gasteiger partial charge in [0, 0.05) is 36.0 Å². The summed E-state index contributed by atoms with van der Waals surface area (Å²) in [6, 6.07) is 22.1. The fourth-order valence-corrected chi connectivity index (χ4v) is 3.53. The number of primary amides is 1. The van der Waals surface area contributed by atoms with Gasteiger partial charge >= 0.3 is 0 Å². The zero-order valence-corrected chi connectivity index (χ0v) is 17.4. The fourth-order valence-electron chi connectivity index (χ4n) is 3.53. The molecule has 0 saturated carbocycles. The number of carbonyl (C=O) groups is 3. The maximum Gasteiger partial charge on any atom is 0.258 e. The van der Waals surface area contributed by atoms with Crippen LogP contribution >= 0.6 is 0 Å². The lowest BCUT2D eigenvalue weighted by Crippen LogP contribution is -2.18. The van der Waals surface area contributed by atoms with Crippen LogP contribution in [0.25, 0.3) is 11.3 Å². The smallest absolute Gasteiger partial charge is 0.258 e. The van der Waals surface area contributed by atoms with E-state index in [1.807, 2.05) is 54.6 Å². The minimum absolute atomic E-state index is 0.0892. The molecule has 1 heterocycles. The third-order valence-corrected chi connectivity index (χ3v) is 5.13. The van der Waals surface area contributed by atoms with Crippen molar-refractivity contribution in [3.8, 4) is 0 Å². The number of fused-ring (bicyclic) bond motifs is 1. The largest absolute Gasteiger partial charge is 0.366 e. The van der Waals surface area contributed by atoms with Crippen molar-refractivity contribution in [1.29, 1.82) is 0 Å². The number of hydrogen-bond donors (Lipinski definition) is 4. The molecule has 7 heteroatoms. The van der Waals surface area contributed by atoms with Crippen molar-refractivity contribution in [2.24, 2.45) is 5.73 Å². The summed E-state index contributed by atoms with van der Waals surface area (Å²) in [7, 11) is 0. The molecule has 0 unspecified atom stereocenters. The van der Waals surface area contributed by atoms with Gasteiger partial charge in [-0.25, -0.2) is 0 Å². The van der Waals surface area contributed by atoms with Gasteiger partial charge in [0.25, 0.3) is 5.91 Å². The molecule has 0 radical (unpaired) electrons. The topological polar surface area (TPSA) is 113 Å². The van der Waals surface area contributed by atoms with E-state index in [0.717, 1.165) is 16.8 Å². The Morgan fingerprint density at radius 2 is 1.66 bits per heavy atom. The van der Waals surface area contributed by atoms with Gasteiger partial charge in [-0.05, 0) is 35.4 Å². The van der Waals surface area contributed by atoms with Crippen LogP contribution in [-0.2, 0) is 16.1 Å². The molecule has 0 fully saturated rings. The molecule has 0 bridgehead atoms. The molecule has 4 rings (SSSR count). The van der Waals surface area contributed by atoms with Crippen LogP contribution in [-0.4, -0.2) is 17.7 Å². The van der Waals surface area contributed by atoms with Crippen molar-refractivity contribution < 1.29 is 14.4 Å². The molecule has 0 atom stereocenters. The van der Waals surface area contributed by atoms with Crippen molar-refractivity contribution in [3.05, 3.63) is 95.1 Å². The lowest BCUT2D eigenvalue weighted by Gasteiger charge is -2.15. The lowest BCUT2D eigenvalue weighted by atomic mass is 9.99. The standard InChI is InChI=1S/C25H22N4O3/c1-15(30)27-14-16-7-10-19(11-8-16)28-23(17-5-3-2-4-6-17)22-20-12-9-18(24(26)31)13-21(20)29-25(22)32/h2-13,28H,14H2,1H3,(H2,26,31)(H,27,30)(H,29,32)/b23-22-. The molecule has 5 N–H and O–H groups in total. The molecule has 3 amide bonds. The van der Waals surface area contributed by atoms with E-state index in [9.17, 15) is 14.4 Å². The second-order valence-electron chi connectivity index (χ2n) is 7.43. The number of amides is 3. The predicted molar refractivity (Wildman–Crippen MR) is 124 cm³/mol. The van der Waals surface area contributed by atoms with E-state index >= 15 is 0 Å². The molecular formula is C25H22N4O3. The molecule has 32 heavy (non-hydrogen) atoms. The minimum atomic E-state index is -0.555. The Labute approximate surface area is 185 Å². The number of nitrogens with two attached hydrogens (primary N) is 1. The van der Waals surface area contributed by atoms with Crippen molar-refractivity contribution in [1.82, 2.24) is 5.32 Å². The highest BCUT2D eigenvalue weighted by molar-refractivity contribution is 6.37. The van der Waals surface area contributed by atoms with Crippen LogP contribution in [0, 0.1) is 0 Å². The molecule has 1 aliphatic rings. The Morgan fingerprint density at radius 1 is 0.938 bits per heavy atom. The molecule has 3 aromatic rings. The highest BCUT2D eigenvalue weighted by Crippen LogP contribution is 2.38. The zero-order valence-electron chi connectivity index (χ0n) is 17.4. The number of carbonyl (C=O) groups excluding carboxylic acids is 3. The van der Waals surface area contributed by atoms with E-state index in [0.29, 0.717) is 34.6 Å². The van der Waals surface area contributed by atoms with Crippen molar-refractivity contribution >= 4 is 40.4 Å². The van der Waals surface area contributed by atoms with Gasteiger partial charge in [0.05, 0.1) is 11.3 Å². The van der Waals surface area contributed by atoms with Crippen LogP contribution in [0.15, 0.2) is 72.8 Å². The SMILES string of the molecule is CC(=O)NCc1ccc(N/C(=C2\C(=O)Nc3cc(C(N)=O)ccc32)c2ccccc2)cc1. The molecule has 0 aromatic heterocycles. The molecule has 7 nitrogen and oxygen atoms in total. The van der Waals surface area contributed by atoms with Gasteiger partial charge in [0.15, 0.2) is 0 Å². The quantitative estimate of drug-likeness (QED) is 0.453. The van der Waals surface area contributed by atoms with Gasteiger partial charge in [-0.15, -0.1) is 0 Å². The zero-order chi connectivity index (χ0) is 22.7. The Kier molecular flexibility index (Phi) is 5.72. The number of rotatable bonds is 6.